The minimum absolute atomic E-state index is 0.0136. The average Bonchev–Trinajstić information content (AvgIpc) is 2.87. The van der Waals surface area contributed by atoms with Gasteiger partial charge in [-0.1, -0.05) is 30.3 Å². The van der Waals surface area contributed by atoms with Crippen LogP contribution in [0, 0.1) is 12.8 Å². The standard InChI is InChI=1S/C27H33N5O/c1-4-31(5-2)23-11-12-24(20(3)19-23)28-27(33)22-15-17-32(18-16-22)26-14-13-25(29-30-26)21-9-7-6-8-10-21/h6-14,19,22H,4-5,15-18H2,1-3H3,(H,28,33). The zero-order valence-corrected chi connectivity index (χ0v) is 19.8. The minimum Gasteiger partial charge on any atom is -0.372 e. The van der Waals surface area contributed by atoms with Crippen molar-refractivity contribution in [2.75, 3.05) is 41.3 Å². The third kappa shape index (κ3) is 5.33. The molecular formula is C27H33N5O. The van der Waals surface area contributed by atoms with Crippen LogP contribution in [0.5, 0.6) is 0 Å². The summed E-state index contributed by atoms with van der Waals surface area (Å²) in [6, 6.07) is 20.4. The normalized spacial score (nSPS) is 14.2. The molecule has 4 rings (SSSR count). The van der Waals surface area contributed by atoms with Crippen molar-refractivity contribution in [2.24, 2.45) is 5.92 Å². The van der Waals surface area contributed by atoms with Gasteiger partial charge in [0.2, 0.25) is 5.91 Å². The van der Waals surface area contributed by atoms with Crippen LogP contribution in [0.1, 0.15) is 32.3 Å². The van der Waals surface area contributed by atoms with E-state index in [0.717, 1.165) is 67.3 Å². The number of anilines is 3. The Morgan fingerprint density at radius 1 is 1.00 bits per heavy atom. The first-order valence-electron chi connectivity index (χ1n) is 11.9. The van der Waals surface area contributed by atoms with Crippen LogP contribution in [0.4, 0.5) is 17.2 Å². The molecule has 1 aromatic heterocycles. The highest BCUT2D eigenvalue weighted by atomic mass is 16.1. The second kappa shape index (κ2) is 10.5. The van der Waals surface area contributed by atoms with Gasteiger partial charge < -0.3 is 15.1 Å². The van der Waals surface area contributed by atoms with Crippen molar-refractivity contribution in [1.82, 2.24) is 10.2 Å². The lowest BCUT2D eigenvalue weighted by molar-refractivity contribution is -0.120. The molecule has 1 fully saturated rings. The van der Waals surface area contributed by atoms with Gasteiger partial charge in [-0.2, -0.15) is 0 Å². The molecule has 0 bridgehead atoms. The highest BCUT2D eigenvalue weighted by molar-refractivity contribution is 5.93. The monoisotopic (exact) mass is 443 g/mol. The molecule has 0 radical (unpaired) electrons. The fourth-order valence-electron chi connectivity index (χ4n) is 4.44. The molecule has 1 aliphatic heterocycles. The first-order chi connectivity index (χ1) is 16.1. The van der Waals surface area contributed by atoms with E-state index >= 15 is 0 Å². The number of amides is 1. The molecule has 33 heavy (non-hydrogen) atoms. The molecule has 2 aromatic carbocycles. The molecule has 172 valence electrons. The lowest BCUT2D eigenvalue weighted by atomic mass is 9.95. The Hall–Kier alpha value is -3.41. The van der Waals surface area contributed by atoms with E-state index in [1.54, 1.807) is 0 Å². The molecular weight excluding hydrogens is 410 g/mol. The maximum atomic E-state index is 12.9. The summed E-state index contributed by atoms with van der Waals surface area (Å²) in [5.41, 5.74) is 5.13. The topological polar surface area (TPSA) is 61.4 Å². The van der Waals surface area contributed by atoms with Crippen LogP contribution in [0.25, 0.3) is 11.3 Å². The molecule has 1 saturated heterocycles. The second-order valence-corrected chi connectivity index (χ2v) is 8.56. The summed E-state index contributed by atoms with van der Waals surface area (Å²) in [6.07, 6.45) is 1.62. The molecule has 3 aromatic rings. The largest absolute Gasteiger partial charge is 0.372 e. The number of rotatable bonds is 7. The average molecular weight is 444 g/mol. The van der Waals surface area contributed by atoms with Crippen LogP contribution in [-0.2, 0) is 4.79 Å². The number of nitrogens with one attached hydrogen (secondary N) is 1. The summed E-state index contributed by atoms with van der Waals surface area (Å²) >= 11 is 0. The Balaban J connectivity index is 1.33. The number of aromatic nitrogens is 2. The summed E-state index contributed by atoms with van der Waals surface area (Å²) in [7, 11) is 0. The van der Waals surface area contributed by atoms with Crippen molar-refractivity contribution in [2.45, 2.75) is 33.6 Å². The fraction of sp³-hybridized carbons (Fsp3) is 0.370. The summed E-state index contributed by atoms with van der Waals surface area (Å²) in [6.45, 7) is 9.92. The third-order valence-electron chi connectivity index (χ3n) is 6.51. The lowest BCUT2D eigenvalue weighted by Crippen LogP contribution is -2.38. The Bertz CT molecular complexity index is 1060. The van der Waals surface area contributed by atoms with Crippen LogP contribution >= 0.6 is 0 Å². The summed E-state index contributed by atoms with van der Waals surface area (Å²) in [5.74, 6) is 0.995. The summed E-state index contributed by atoms with van der Waals surface area (Å²) < 4.78 is 0. The van der Waals surface area contributed by atoms with Gasteiger partial charge in [0.25, 0.3) is 0 Å². The van der Waals surface area contributed by atoms with Gasteiger partial charge in [-0.15, -0.1) is 10.2 Å². The molecule has 6 heteroatoms. The van der Waals surface area contributed by atoms with E-state index in [-0.39, 0.29) is 11.8 Å². The van der Waals surface area contributed by atoms with Crippen molar-refractivity contribution in [3.63, 3.8) is 0 Å². The first kappa shape index (κ1) is 22.8. The first-order valence-corrected chi connectivity index (χ1v) is 11.9. The fourth-order valence-corrected chi connectivity index (χ4v) is 4.44. The lowest BCUT2D eigenvalue weighted by Gasteiger charge is -2.32. The number of carbonyl (C=O) groups excluding carboxylic acids is 1. The van der Waals surface area contributed by atoms with Crippen molar-refractivity contribution in [3.05, 3.63) is 66.2 Å². The quantitative estimate of drug-likeness (QED) is 0.547. The summed E-state index contributed by atoms with van der Waals surface area (Å²) in [4.78, 5) is 17.5. The second-order valence-electron chi connectivity index (χ2n) is 8.56. The number of hydrogen-bond acceptors (Lipinski definition) is 5. The number of nitrogens with zero attached hydrogens (tertiary/aromatic N) is 4. The zero-order chi connectivity index (χ0) is 23.2. The van der Waals surface area contributed by atoms with Crippen LogP contribution < -0.4 is 15.1 Å². The van der Waals surface area contributed by atoms with E-state index in [2.05, 4.69) is 58.2 Å². The van der Waals surface area contributed by atoms with Gasteiger partial charge in [-0.25, -0.2) is 0 Å². The van der Waals surface area contributed by atoms with Gasteiger partial charge in [-0.05, 0) is 69.5 Å². The van der Waals surface area contributed by atoms with Crippen LogP contribution in [0.3, 0.4) is 0 Å². The Labute approximate surface area is 196 Å². The molecule has 2 heterocycles. The molecule has 0 atom stereocenters. The number of benzene rings is 2. The molecule has 6 nitrogen and oxygen atoms in total. The van der Waals surface area contributed by atoms with Crippen molar-refractivity contribution >= 4 is 23.1 Å². The van der Waals surface area contributed by atoms with E-state index in [1.807, 2.05) is 48.5 Å². The van der Waals surface area contributed by atoms with Crippen LogP contribution in [0.15, 0.2) is 60.7 Å². The number of carbonyl (C=O) groups is 1. The highest BCUT2D eigenvalue weighted by Crippen LogP contribution is 2.27. The van der Waals surface area contributed by atoms with E-state index < -0.39 is 0 Å². The van der Waals surface area contributed by atoms with E-state index in [9.17, 15) is 4.79 Å². The number of piperidine rings is 1. The molecule has 1 amide bonds. The van der Waals surface area contributed by atoms with Crippen LogP contribution in [-0.4, -0.2) is 42.3 Å². The van der Waals surface area contributed by atoms with Gasteiger partial charge in [0.15, 0.2) is 5.82 Å². The number of hydrogen-bond donors (Lipinski definition) is 1. The predicted molar refractivity (Wildman–Crippen MR) is 136 cm³/mol. The Morgan fingerprint density at radius 2 is 1.73 bits per heavy atom. The number of aryl methyl sites for hydroxylation is 1. The molecule has 0 spiro atoms. The van der Waals surface area contributed by atoms with E-state index in [4.69, 9.17) is 0 Å². The van der Waals surface area contributed by atoms with Gasteiger partial charge in [-0.3, -0.25) is 4.79 Å². The van der Waals surface area contributed by atoms with Gasteiger partial charge in [0.05, 0.1) is 5.69 Å². The third-order valence-corrected chi connectivity index (χ3v) is 6.51. The minimum atomic E-state index is 0.0136. The Morgan fingerprint density at radius 3 is 2.33 bits per heavy atom. The molecule has 1 N–H and O–H groups in total. The SMILES string of the molecule is CCN(CC)c1ccc(NC(=O)C2CCN(c3ccc(-c4ccccc4)nn3)CC2)c(C)c1. The Kier molecular flexibility index (Phi) is 7.23. The van der Waals surface area contributed by atoms with Crippen molar-refractivity contribution < 1.29 is 4.79 Å². The maximum absolute atomic E-state index is 12.9. The van der Waals surface area contributed by atoms with Gasteiger partial charge in [0.1, 0.15) is 0 Å². The van der Waals surface area contributed by atoms with Gasteiger partial charge >= 0.3 is 0 Å². The molecule has 0 saturated carbocycles. The molecule has 1 aliphatic rings. The summed E-state index contributed by atoms with van der Waals surface area (Å²) in [5, 5.41) is 12.0. The van der Waals surface area contributed by atoms with E-state index in [1.165, 1.54) is 5.69 Å². The van der Waals surface area contributed by atoms with E-state index in [0.29, 0.717) is 0 Å². The van der Waals surface area contributed by atoms with Crippen molar-refractivity contribution in [3.8, 4) is 11.3 Å². The zero-order valence-electron chi connectivity index (χ0n) is 19.8. The van der Waals surface area contributed by atoms with Gasteiger partial charge in [0, 0.05) is 49.0 Å². The van der Waals surface area contributed by atoms with Crippen LogP contribution in [0.2, 0.25) is 0 Å². The molecule has 0 unspecified atom stereocenters. The predicted octanol–water partition coefficient (Wildman–Crippen LogP) is 5.15. The smallest absolute Gasteiger partial charge is 0.227 e. The van der Waals surface area contributed by atoms with Crippen molar-refractivity contribution in [1.29, 1.82) is 0 Å². The maximum Gasteiger partial charge on any atom is 0.227 e. The highest BCUT2D eigenvalue weighted by Gasteiger charge is 2.26. The molecule has 0 aliphatic carbocycles.